The minimum atomic E-state index is -0.280. The molecule has 2 N–H and O–H groups in total. The van der Waals surface area contributed by atoms with Crippen LogP contribution in [0.15, 0.2) is 41.1 Å². The van der Waals surface area contributed by atoms with Crippen molar-refractivity contribution in [1.82, 2.24) is 10.3 Å². The van der Waals surface area contributed by atoms with Crippen LogP contribution in [0, 0.1) is 0 Å². The van der Waals surface area contributed by atoms with E-state index in [0.717, 1.165) is 12.2 Å². The largest absolute Gasteiger partial charge is 0.481 e. The molecule has 22 heavy (non-hydrogen) atoms. The van der Waals surface area contributed by atoms with Crippen LogP contribution in [0.4, 0.5) is 10.5 Å². The monoisotopic (exact) mass is 305 g/mol. The van der Waals surface area contributed by atoms with Gasteiger partial charge in [0, 0.05) is 19.2 Å². The summed E-state index contributed by atoms with van der Waals surface area (Å²) in [6.45, 7) is 1.51. The number of urea groups is 1. The summed E-state index contributed by atoms with van der Waals surface area (Å²) in [5.41, 5.74) is 0.604. The Morgan fingerprint density at radius 1 is 1.36 bits per heavy atom. The number of carbonyl (C=O) groups is 1. The highest BCUT2D eigenvalue weighted by Gasteiger charge is 2.02. The van der Waals surface area contributed by atoms with Gasteiger partial charge >= 0.3 is 6.03 Å². The van der Waals surface area contributed by atoms with E-state index < -0.39 is 0 Å². The van der Waals surface area contributed by atoms with Gasteiger partial charge in [-0.2, -0.15) is 0 Å². The van der Waals surface area contributed by atoms with Crippen LogP contribution in [0.2, 0.25) is 0 Å². The fraction of sp³-hybridized carbons (Fsp3) is 0.333. The Morgan fingerprint density at radius 2 is 2.27 bits per heavy atom. The van der Waals surface area contributed by atoms with Gasteiger partial charge in [-0.05, 0) is 24.6 Å². The molecule has 0 unspecified atom stereocenters. The zero-order valence-corrected chi connectivity index (χ0v) is 12.4. The van der Waals surface area contributed by atoms with Gasteiger partial charge < -0.3 is 24.5 Å². The molecule has 0 aliphatic carbocycles. The highest BCUT2D eigenvalue weighted by atomic mass is 16.5. The van der Waals surface area contributed by atoms with Crippen molar-refractivity contribution in [1.29, 1.82) is 0 Å². The summed E-state index contributed by atoms with van der Waals surface area (Å²) in [6.07, 6.45) is 3.86. The number of hydrogen-bond donors (Lipinski definition) is 2. The lowest BCUT2D eigenvalue weighted by Crippen LogP contribution is -2.30. The molecule has 0 saturated heterocycles. The molecular weight excluding hydrogens is 286 g/mol. The standard InChI is InChI=1S/C15H19N3O4/c1-20-14-6-5-12(10-17-14)18-15(19)16-7-3-8-21-11-13-4-2-9-22-13/h2,4-6,9-10H,3,7-8,11H2,1H3,(H2,16,18,19). The number of aromatic nitrogens is 1. The van der Waals surface area contributed by atoms with Crippen LogP contribution < -0.4 is 15.4 Å². The van der Waals surface area contributed by atoms with Crippen molar-refractivity contribution in [2.24, 2.45) is 0 Å². The highest BCUT2D eigenvalue weighted by Crippen LogP contribution is 2.10. The van der Waals surface area contributed by atoms with Gasteiger partial charge in [-0.1, -0.05) is 0 Å². The molecule has 0 aliphatic heterocycles. The molecule has 7 heteroatoms. The predicted molar refractivity (Wildman–Crippen MR) is 80.8 cm³/mol. The number of amides is 2. The Balaban J connectivity index is 1.55. The summed E-state index contributed by atoms with van der Waals surface area (Å²) in [6, 6.07) is 6.79. The maximum absolute atomic E-state index is 11.6. The second kappa shape index (κ2) is 8.68. The first-order valence-corrected chi connectivity index (χ1v) is 6.93. The zero-order valence-electron chi connectivity index (χ0n) is 12.4. The van der Waals surface area contributed by atoms with Gasteiger partial charge in [-0.3, -0.25) is 0 Å². The molecule has 0 atom stereocenters. The van der Waals surface area contributed by atoms with Gasteiger partial charge in [0.25, 0.3) is 0 Å². The summed E-state index contributed by atoms with van der Waals surface area (Å²) >= 11 is 0. The lowest BCUT2D eigenvalue weighted by Gasteiger charge is -2.08. The third kappa shape index (κ3) is 5.45. The number of anilines is 1. The summed E-state index contributed by atoms with van der Waals surface area (Å²) < 4.78 is 15.5. The fourth-order valence-corrected chi connectivity index (χ4v) is 1.69. The predicted octanol–water partition coefficient (Wildman–Crippen LogP) is 2.41. The first-order valence-electron chi connectivity index (χ1n) is 6.93. The molecule has 0 fully saturated rings. The smallest absolute Gasteiger partial charge is 0.319 e. The van der Waals surface area contributed by atoms with Crippen LogP contribution >= 0.6 is 0 Å². The Hall–Kier alpha value is -2.54. The van der Waals surface area contributed by atoms with E-state index in [4.69, 9.17) is 13.9 Å². The van der Waals surface area contributed by atoms with Gasteiger partial charge in [-0.25, -0.2) is 9.78 Å². The molecule has 0 saturated carbocycles. The molecule has 0 aromatic carbocycles. The van der Waals surface area contributed by atoms with Crippen molar-refractivity contribution in [2.45, 2.75) is 13.0 Å². The minimum absolute atomic E-state index is 0.280. The van der Waals surface area contributed by atoms with E-state index >= 15 is 0 Å². The molecule has 0 bridgehead atoms. The molecule has 7 nitrogen and oxygen atoms in total. The van der Waals surface area contributed by atoms with E-state index in [1.54, 1.807) is 18.4 Å². The van der Waals surface area contributed by atoms with Crippen LogP contribution in [0.25, 0.3) is 0 Å². The fourth-order valence-electron chi connectivity index (χ4n) is 1.69. The van der Waals surface area contributed by atoms with E-state index in [0.29, 0.717) is 31.3 Å². The van der Waals surface area contributed by atoms with E-state index in [9.17, 15) is 4.79 Å². The summed E-state index contributed by atoms with van der Waals surface area (Å²) in [4.78, 5) is 15.7. The van der Waals surface area contributed by atoms with Crippen molar-refractivity contribution in [3.05, 3.63) is 42.5 Å². The maximum Gasteiger partial charge on any atom is 0.319 e. The number of pyridine rings is 1. The average molecular weight is 305 g/mol. The van der Waals surface area contributed by atoms with Crippen molar-refractivity contribution in [2.75, 3.05) is 25.6 Å². The second-order valence-electron chi connectivity index (χ2n) is 4.46. The van der Waals surface area contributed by atoms with E-state index in [2.05, 4.69) is 15.6 Å². The lowest BCUT2D eigenvalue weighted by molar-refractivity contribution is 0.104. The van der Waals surface area contributed by atoms with Crippen LogP contribution in [0.1, 0.15) is 12.2 Å². The Labute approximate surface area is 128 Å². The van der Waals surface area contributed by atoms with Crippen LogP contribution in [-0.2, 0) is 11.3 Å². The first kappa shape index (κ1) is 15.8. The van der Waals surface area contributed by atoms with E-state index in [-0.39, 0.29) is 6.03 Å². The molecule has 2 aromatic rings. The molecule has 2 aromatic heterocycles. The van der Waals surface area contributed by atoms with Gasteiger partial charge in [0.1, 0.15) is 12.4 Å². The topological polar surface area (TPSA) is 85.6 Å². The summed E-state index contributed by atoms with van der Waals surface area (Å²) in [5, 5.41) is 5.42. The number of hydrogen-bond acceptors (Lipinski definition) is 5. The summed E-state index contributed by atoms with van der Waals surface area (Å²) in [5.74, 6) is 1.29. The number of furan rings is 1. The normalized spacial score (nSPS) is 10.2. The Morgan fingerprint density at radius 3 is 2.95 bits per heavy atom. The molecule has 0 radical (unpaired) electrons. The zero-order chi connectivity index (χ0) is 15.6. The van der Waals surface area contributed by atoms with Gasteiger partial charge in [0.2, 0.25) is 5.88 Å². The summed E-state index contributed by atoms with van der Waals surface area (Å²) in [7, 11) is 1.54. The van der Waals surface area contributed by atoms with Crippen LogP contribution in [0.5, 0.6) is 5.88 Å². The molecule has 2 amide bonds. The Bertz CT molecular complexity index is 555. The van der Waals surface area contributed by atoms with Gasteiger partial charge in [-0.15, -0.1) is 0 Å². The quantitative estimate of drug-likeness (QED) is 0.731. The highest BCUT2D eigenvalue weighted by molar-refractivity contribution is 5.88. The Kier molecular flexibility index (Phi) is 6.25. The molecular formula is C15H19N3O4. The molecule has 2 rings (SSSR count). The van der Waals surface area contributed by atoms with Crippen LogP contribution in [0.3, 0.4) is 0 Å². The third-order valence-corrected chi connectivity index (χ3v) is 2.78. The van der Waals surface area contributed by atoms with E-state index in [1.165, 1.54) is 13.3 Å². The van der Waals surface area contributed by atoms with Crippen molar-refractivity contribution in [3.8, 4) is 5.88 Å². The number of rotatable bonds is 8. The maximum atomic E-state index is 11.6. The number of carbonyl (C=O) groups excluding carboxylic acids is 1. The molecule has 0 spiro atoms. The number of methoxy groups -OCH3 is 1. The average Bonchev–Trinajstić information content (AvgIpc) is 3.05. The number of nitrogens with zero attached hydrogens (tertiary/aromatic N) is 1. The first-order chi connectivity index (χ1) is 10.8. The van der Waals surface area contributed by atoms with Gasteiger partial charge in [0.05, 0.1) is 25.3 Å². The molecule has 0 aliphatic rings. The second-order valence-corrected chi connectivity index (χ2v) is 4.46. The van der Waals surface area contributed by atoms with Crippen molar-refractivity contribution >= 4 is 11.7 Å². The van der Waals surface area contributed by atoms with Crippen LogP contribution in [-0.4, -0.2) is 31.3 Å². The van der Waals surface area contributed by atoms with Crippen molar-refractivity contribution < 1.29 is 18.7 Å². The minimum Gasteiger partial charge on any atom is -0.481 e. The molecule has 2 heterocycles. The lowest BCUT2D eigenvalue weighted by atomic mass is 10.4. The molecule has 118 valence electrons. The number of nitrogens with one attached hydrogen (secondary N) is 2. The van der Waals surface area contributed by atoms with Crippen molar-refractivity contribution in [3.63, 3.8) is 0 Å². The van der Waals surface area contributed by atoms with E-state index in [1.807, 2.05) is 12.1 Å². The number of ether oxygens (including phenoxy) is 2. The van der Waals surface area contributed by atoms with Gasteiger partial charge in [0.15, 0.2) is 0 Å². The SMILES string of the molecule is COc1ccc(NC(=O)NCCCOCc2ccco2)cn1. The third-order valence-electron chi connectivity index (χ3n) is 2.78.